The van der Waals surface area contributed by atoms with Gasteiger partial charge in [0, 0.05) is 90.8 Å². The second-order valence-corrected chi connectivity index (χ2v) is 16.3. The van der Waals surface area contributed by atoms with E-state index in [2.05, 4.69) is 35.3 Å². The van der Waals surface area contributed by atoms with Crippen LogP contribution in [0.25, 0.3) is 22.3 Å². The topological polar surface area (TPSA) is 130 Å². The van der Waals surface area contributed by atoms with Gasteiger partial charge in [0.15, 0.2) is 0 Å². The van der Waals surface area contributed by atoms with Crippen LogP contribution in [-0.4, -0.2) is 88.5 Å². The first-order chi connectivity index (χ1) is 25.5. The molecule has 5 aliphatic rings. The molecule has 53 heavy (non-hydrogen) atoms. The molecule has 6 heterocycles. The second kappa shape index (κ2) is 12.7. The number of piperidine rings is 3. The molecule has 0 bridgehead atoms. The molecule has 11 nitrogen and oxygen atoms in total. The van der Waals surface area contributed by atoms with Gasteiger partial charge in [0.1, 0.15) is 11.5 Å². The van der Waals surface area contributed by atoms with Gasteiger partial charge in [-0.1, -0.05) is 19.1 Å². The lowest BCUT2D eigenvalue weighted by Crippen LogP contribution is -2.44. The van der Waals surface area contributed by atoms with Crippen molar-refractivity contribution in [1.29, 1.82) is 0 Å². The van der Waals surface area contributed by atoms with E-state index in [1.165, 1.54) is 0 Å². The van der Waals surface area contributed by atoms with E-state index in [-0.39, 0.29) is 29.6 Å². The highest BCUT2D eigenvalue weighted by molar-refractivity contribution is 6.01. The number of aromatic nitrogens is 4. The van der Waals surface area contributed by atoms with Gasteiger partial charge in [-0.25, -0.2) is 13.8 Å². The van der Waals surface area contributed by atoms with Crippen LogP contribution in [0.5, 0.6) is 0 Å². The molecule has 4 aromatic rings. The van der Waals surface area contributed by atoms with E-state index < -0.39 is 17.3 Å². The molecule has 2 aliphatic carbocycles. The summed E-state index contributed by atoms with van der Waals surface area (Å²) in [5.41, 5.74) is 4.78. The third-order valence-corrected chi connectivity index (χ3v) is 13.2. The van der Waals surface area contributed by atoms with Gasteiger partial charge in [-0.15, -0.1) is 0 Å². The zero-order valence-electron chi connectivity index (χ0n) is 30.3. The number of likely N-dealkylation sites (tertiary alicyclic amines) is 1. The number of rotatable bonds is 7. The highest BCUT2D eigenvalue weighted by Gasteiger charge is 2.78. The number of anilines is 2. The van der Waals surface area contributed by atoms with Crippen molar-refractivity contribution in [2.24, 2.45) is 23.2 Å². The Morgan fingerprint density at radius 1 is 1.02 bits per heavy atom. The molecule has 3 aromatic heterocycles. The molecule has 0 radical (unpaired) electrons. The number of aromatic amines is 2. The Morgan fingerprint density at radius 2 is 1.81 bits per heavy atom. The maximum atomic E-state index is 14.5. The summed E-state index contributed by atoms with van der Waals surface area (Å²) in [6.45, 7) is 6.41. The van der Waals surface area contributed by atoms with Gasteiger partial charge in [-0.3, -0.25) is 24.8 Å². The Bertz CT molecular complexity index is 2080. The number of imide groups is 1. The Balaban J connectivity index is 0.759. The summed E-state index contributed by atoms with van der Waals surface area (Å²) in [4.78, 5) is 52.2. The molecule has 0 spiro atoms. The largest absolute Gasteiger partial charge is 0.357 e. The molecule has 3 N–H and O–H groups in total. The number of benzene rings is 1. The van der Waals surface area contributed by atoms with Crippen LogP contribution in [-0.2, 0) is 27.2 Å². The van der Waals surface area contributed by atoms with Gasteiger partial charge in [0.25, 0.3) is 5.92 Å². The minimum atomic E-state index is -2.64. The number of carbonyl (C=O) groups excluding carboxylic acids is 3. The quantitative estimate of drug-likeness (QED) is 0.217. The third kappa shape index (κ3) is 5.91. The lowest BCUT2D eigenvalue weighted by atomic mass is 9.87. The maximum Gasteiger partial charge on any atom is 0.258 e. The normalized spacial score (nSPS) is 26.3. The van der Waals surface area contributed by atoms with Crippen molar-refractivity contribution in [1.82, 2.24) is 30.4 Å². The molecule has 13 heteroatoms. The third-order valence-electron chi connectivity index (χ3n) is 13.2. The molecule has 4 fully saturated rings. The van der Waals surface area contributed by atoms with E-state index in [4.69, 9.17) is 0 Å². The van der Waals surface area contributed by atoms with Crippen LogP contribution in [0.4, 0.5) is 20.3 Å². The maximum absolute atomic E-state index is 14.5. The number of amides is 3. The van der Waals surface area contributed by atoms with E-state index in [0.717, 1.165) is 103 Å². The zero-order valence-corrected chi connectivity index (χ0v) is 30.3. The van der Waals surface area contributed by atoms with Crippen LogP contribution in [0.15, 0.2) is 42.6 Å². The van der Waals surface area contributed by atoms with E-state index in [0.29, 0.717) is 37.3 Å². The number of halogens is 2. The average molecular weight is 725 g/mol. The first-order valence-electron chi connectivity index (χ1n) is 19.1. The molecule has 9 rings (SSSR count). The summed E-state index contributed by atoms with van der Waals surface area (Å²) < 4.78 is 29.0. The second-order valence-electron chi connectivity index (χ2n) is 16.3. The highest BCUT2D eigenvalue weighted by atomic mass is 19.3. The van der Waals surface area contributed by atoms with Crippen LogP contribution in [0.1, 0.15) is 68.2 Å². The van der Waals surface area contributed by atoms with Crippen molar-refractivity contribution >= 4 is 40.1 Å². The molecule has 3 saturated heterocycles. The number of H-pyrrole nitrogens is 2. The number of fused-ring (bicyclic) bond motifs is 3. The number of alkyl halides is 2. The SMILES string of the molecule is CN(C(=O)C1CCN(CC2CCN(c3ccc([C@H]4CCC(=O)NC4=O)cn3)CC2)CC1)c1ccc2cc(-c3n[nH]c4c3C[C@@H]3C(F)(F)[C@]3(C)C4)[nH]c2c1. The fourth-order valence-corrected chi connectivity index (χ4v) is 9.56. The van der Waals surface area contributed by atoms with Crippen LogP contribution < -0.4 is 15.1 Å². The fourth-order valence-electron chi connectivity index (χ4n) is 9.56. The van der Waals surface area contributed by atoms with Crippen molar-refractivity contribution in [3.8, 4) is 11.4 Å². The van der Waals surface area contributed by atoms with E-state index in [1.807, 2.05) is 43.4 Å². The summed E-state index contributed by atoms with van der Waals surface area (Å²) in [7, 11) is 1.85. The first-order valence-corrected chi connectivity index (χ1v) is 19.1. The highest BCUT2D eigenvalue weighted by Crippen LogP contribution is 2.70. The molecule has 1 saturated carbocycles. The Labute approximate surface area is 306 Å². The zero-order chi connectivity index (χ0) is 36.6. The summed E-state index contributed by atoms with van der Waals surface area (Å²) >= 11 is 0. The predicted molar refractivity (Wildman–Crippen MR) is 197 cm³/mol. The molecule has 278 valence electrons. The van der Waals surface area contributed by atoms with Crippen molar-refractivity contribution < 1.29 is 23.2 Å². The van der Waals surface area contributed by atoms with Gasteiger partial charge < -0.3 is 19.7 Å². The summed E-state index contributed by atoms with van der Waals surface area (Å²) in [6, 6.07) is 11.9. The molecule has 0 unspecified atom stereocenters. The minimum Gasteiger partial charge on any atom is -0.357 e. The lowest BCUT2D eigenvalue weighted by Gasteiger charge is -2.38. The molecule has 3 aliphatic heterocycles. The average Bonchev–Trinajstić information content (AvgIpc) is 3.54. The number of carbonyl (C=O) groups is 3. The molecule has 1 aromatic carbocycles. The Kier molecular flexibility index (Phi) is 8.21. The van der Waals surface area contributed by atoms with Crippen LogP contribution in [0.3, 0.4) is 0 Å². The first kappa shape index (κ1) is 34.1. The molecular weight excluding hydrogens is 678 g/mol. The monoisotopic (exact) mass is 724 g/mol. The minimum absolute atomic E-state index is 0.0240. The van der Waals surface area contributed by atoms with Crippen LogP contribution in [0, 0.1) is 23.2 Å². The lowest BCUT2D eigenvalue weighted by molar-refractivity contribution is -0.134. The predicted octanol–water partition coefficient (Wildman–Crippen LogP) is 5.43. The van der Waals surface area contributed by atoms with E-state index >= 15 is 0 Å². The number of hydrogen-bond acceptors (Lipinski definition) is 7. The van der Waals surface area contributed by atoms with Crippen LogP contribution >= 0.6 is 0 Å². The summed E-state index contributed by atoms with van der Waals surface area (Å²) in [6.07, 6.45) is 7.14. The van der Waals surface area contributed by atoms with Gasteiger partial charge >= 0.3 is 0 Å². The summed E-state index contributed by atoms with van der Waals surface area (Å²) in [5, 5.41) is 11.0. The van der Waals surface area contributed by atoms with E-state index in [9.17, 15) is 23.2 Å². The summed E-state index contributed by atoms with van der Waals surface area (Å²) in [5.74, 6) is -2.40. The number of hydrogen-bond donors (Lipinski definition) is 3. The van der Waals surface area contributed by atoms with Crippen molar-refractivity contribution in [3.05, 3.63) is 59.4 Å². The molecular formula is C40H46F2N8O3. The van der Waals surface area contributed by atoms with Crippen molar-refractivity contribution in [2.45, 2.75) is 70.1 Å². The molecule has 3 atom stereocenters. The number of pyridine rings is 1. The molecule has 3 amide bonds. The van der Waals surface area contributed by atoms with Crippen molar-refractivity contribution in [3.63, 3.8) is 0 Å². The number of nitrogens with one attached hydrogen (secondary N) is 3. The fraction of sp³-hybridized carbons (Fsp3) is 0.525. The van der Waals surface area contributed by atoms with Crippen molar-refractivity contribution in [2.75, 3.05) is 49.6 Å². The standard InChI is InChI=1S/C40H46F2N8O3/c1-39-20-32-29(19-33(39)40(39,41)42)36(47-46-32)31-17-25-3-5-27(18-30(25)44-31)48(2)38(53)24-11-13-49(14-12-24)22-23-9-15-50(16-10-23)34-7-4-26(21-43-34)28-6-8-35(51)45-37(28)52/h3-5,7,17-18,21,23-24,28,33,44H,6,8-16,19-20,22H2,1-2H3,(H,46,47)(H,45,51,52)/t28-,33+,39-/m1/s1. The van der Waals surface area contributed by atoms with E-state index in [1.54, 1.807) is 18.0 Å². The smallest absolute Gasteiger partial charge is 0.258 e. The van der Waals surface area contributed by atoms with Gasteiger partial charge in [-0.2, -0.15) is 5.10 Å². The van der Waals surface area contributed by atoms with Gasteiger partial charge in [-0.05, 0) is 87.4 Å². The van der Waals surface area contributed by atoms with Gasteiger partial charge in [0.2, 0.25) is 17.7 Å². The number of nitrogens with zero attached hydrogens (tertiary/aromatic N) is 5. The van der Waals surface area contributed by atoms with Crippen LogP contribution in [0.2, 0.25) is 0 Å². The Hall–Kier alpha value is -4.65. The van der Waals surface area contributed by atoms with Gasteiger partial charge in [0.05, 0.1) is 11.6 Å². The Morgan fingerprint density at radius 3 is 2.55 bits per heavy atom.